The van der Waals surface area contributed by atoms with Gasteiger partial charge in [0.2, 0.25) is 0 Å². The molecule has 5 heteroatoms. The van der Waals surface area contributed by atoms with E-state index in [-0.39, 0.29) is 17.0 Å². The molecule has 0 heterocycles. The molecule has 1 aromatic carbocycles. The zero-order valence-electron chi connectivity index (χ0n) is 7.25. The van der Waals surface area contributed by atoms with Crippen molar-refractivity contribution in [1.29, 1.82) is 0 Å². The molecule has 0 saturated heterocycles. The Morgan fingerprint density at radius 3 is 2.71 bits per heavy atom. The Bertz CT molecular complexity index is 375. The third kappa shape index (κ3) is 1.89. The summed E-state index contributed by atoms with van der Waals surface area (Å²) in [4.78, 5) is 9.79. The summed E-state index contributed by atoms with van der Waals surface area (Å²) in [5.41, 5.74) is -0.104. The minimum Gasteiger partial charge on any atom is -0.508 e. The largest absolute Gasteiger partial charge is 0.508 e. The fourth-order valence-corrected chi connectivity index (χ4v) is 1.02. The Morgan fingerprint density at radius 1 is 1.57 bits per heavy atom. The highest BCUT2D eigenvalue weighted by Crippen LogP contribution is 2.28. The Kier molecular flexibility index (Phi) is 2.83. The summed E-state index contributed by atoms with van der Waals surface area (Å²) >= 11 is 0. The van der Waals surface area contributed by atoms with Crippen LogP contribution in [0.4, 0.5) is 5.69 Å². The Morgan fingerprint density at radius 2 is 2.21 bits per heavy atom. The van der Waals surface area contributed by atoms with E-state index in [2.05, 4.69) is 6.58 Å². The van der Waals surface area contributed by atoms with Crippen LogP contribution in [-0.4, -0.2) is 15.1 Å². The van der Waals surface area contributed by atoms with Gasteiger partial charge in [0.1, 0.15) is 11.9 Å². The van der Waals surface area contributed by atoms with Crippen molar-refractivity contribution >= 4 is 5.69 Å². The maximum atomic E-state index is 10.4. The van der Waals surface area contributed by atoms with Crippen molar-refractivity contribution in [2.45, 2.75) is 6.10 Å². The van der Waals surface area contributed by atoms with Gasteiger partial charge in [0.15, 0.2) is 0 Å². The van der Waals surface area contributed by atoms with Crippen LogP contribution in [0.2, 0.25) is 0 Å². The second-order valence-electron chi connectivity index (χ2n) is 2.68. The van der Waals surface area contributed by atoms with Crippen LogP contribution in [0, 0.1) is 10.1 Å². The molecule has 1 aromatic rings. The number of nitro groups is 1. The lowest BCUT2D eigenvalue weighted by Gasteiger charge is -2.07. The maximum absolute atomic E-state index is 10.4. The molecule has 1 unspecified atom stereocenters. The zero-order chi connectivity index (χ0) is 10.7. The van der Waals surface area contributed by atoms with Gasteiger partial charge in [-0.25, -0.2) is 0 Å². The Balaban J connectivity index is 3.20. The van der Waals surface area contributed by atoms with Crippen LogP contribution in [0.25, 0.3) is 0 Å². The molecule has 0 amide bonds. The van der Waals surface area contributed by atoms with Gasteiger partial charge >= 0.3 is 0 Å². The van der Waals surface area contributed by atoms with Gasteiger partial charge in [-0.05, 0) is 6.07 Å². The molecule has 0 aliphatic rings. The van der Waals surface area contributed by atoms with Gasteiger partial charge < -0.3 is 10.2 Å². The Labute approximate surface area is 80.1 Å². The second-order valence-corrected chi connectivity index (χ2v) is 2.68. The van der Waals surface area contributed by atoms with E-state index in [1.807, 2.05) is 0 Å². The summed E-state index contributed by atoms with van der Waals surface area (Å²) in [6.07, 6.45) is 0.0774. The molecule has 0 bridgehead atoms. The molecule has 0 aromatic heterocycles. The highest BCUT2D eigenvalue weighted by atomic mass is 16.6. The van der Waals surface area contributed by atoms with Crippen LogP contribution in [0.5, 0.6) is 5.75 Å². The highest BCUT2D eigenvalue weighted by molar-refractivity contribution is 5.45. The molecule has 5 nitrogen and oxygen atoms in total. The van der Waals surface area contributed by atoms with Crippen LogP contribution < -0.4 is 0 Å². The van der Waals surface area contributed by atoms with E-state index in [4.69, 9.17) is 0 Å². The molecule has 0 radical (unpaired) electrons. The van der Waals surface area contributed by atoms with Crippen LogP contribution in [0.15, 0.2) is 30.9 Å². The first kappa shape index (κ1) is 10.2. The molecule has 0 fully saturated rings. The monoisotopic (exact) mass is 195 g/mol. The molecule has 14 heavy (non-hydrogen) atoms. The quantitative estimate of drug-likeness (QED) is 0.435. The summed E-state index contributed by atoms with van der Waals surface area (Å²) in [6.45, 7) is 3.32. The van der Waals surface area contributed by atoms with Gasteiger partial charge in [-0.15, -0.1) is 6.58 Å². The molecule has 0 spiro atoms. The first-order valence-electron chi connectivity index (χ1n) is 3.84. The molecule has 1 atom stereocenters. The second kappa shape index (κ2) is 3.89. The first-order chi connectivity index (χ1) is 6.56. The van der Waals surface area contributed by atoms with Crippen LogP contribution in [0.3, 0.4) is 0 Å². The van der Waals surface area contributed by atoms with Crippen molar-refractivity contribution in [2.24, 2.45) is 0 Å². The van der Waals surface area contributed by atoms with Crippen molar-refractivity contribution < 1.29 is 15.1 Å². The smallest absolute Gasteiger partial charge is 0.270 e. The van der Waals surface area contributed by atoms with Gasteiger partial charge in [-0.3, -0.25) is 10.1 Å². The van der Waals surface area contributed by atoms with Gasteiger partial charge in [0.05, 0.1) is 4.92 Å². The Hall–Kier alpha value is -1.88. The number of aliphatic hydroxyl groups is 1. The number of rotatable bonds is 3. The number of hydrogen-bond acceptors (Lipinski definition) is 4. The van der Waals surface area contributed by atoms with E-state index in [1.54, 1.807) is 0 Å². The number of phenolic OH excluding ortho intramolecular Hbond substituents is 1. The predicted molar refractivity (Wildman–Crippen MR) is 49.9 cm³/mol. The zero-order valence-corrected chi connectivity index (χ0v) is 7.25. The number of phenols is 1. The lowest BCUT2D eigenvalue weighted by molar-refractivity contribution is -0.385. The van der Waals surface area contributed by atoms with Gasteiger partial charge in [0.25, 0.3) is 5.69 Å². The SMILES string of the molecule is C=CC(O)c1cc([N+](=O)[O-])ccc1O. The predicted octanol–water partition coefficient (Wildman–Crippen LogP) is 1.52. The van der Waals surface area contributed by atoms with Crippen LogP contribution in [0.1, 0.15) is 11.7 Å². The lowest BCUT2D eigenvalue weighted by Crippen LogP contribution is -1.95. The van der Waals surface area contributed by atoms with Crippen molar-refractivity contribution in [1.82, 2.24) is 0 Å². The summed E-state index contributed by atoms with van der Waals surface area (Å²) in [5.74, 6) is -0.192. The molecular formula is C9H9NO4. The first-order valence-corrected chi connectivity index (χ1v) is 3.84. The normalized spacial score (nSPS) is 12.1. The number of aromatic hydroxyl groups is 1. The maximum Gasteiger partial charge on any atom is 0.270 e. The summed E-state index contributed by atoms with van der Waals surface area (Å²) in [5, 5.41) is 29.0. The number of nitro benzene ring substituents is 1. The summed E-state index contributed by atoms with van der Waals surface area (Å²) in [7, 11) is 0. The van der Waals surface area contributed by atoms with E-state index in [0.717, 1.165) is 12.1 Å². The van der Waals surface area contributed by atoms with Crippen LogP contribution in [-0.2, 0) is 0 Å². The molecular weight excluding hydrogens is 186 g/mol. The average molecular weight is 195 g/mol. The van der Waals surface area contributed by atoms with Gasteiger partial charge in [-0.1, -0.05) is 6.08 Å². The highest BCUT2D eigenvalue weighted by Gasteiger charge is 2.14. The van der Waals surface area contributed by atoms with Crippen molar-refractivity contribution in [3.05, 3.63) is 46.5 Å². The number of aliphatic hydroxyl groups excluding tert-OH is 1. The topological polar surface area (TPSA) is 83.6 Å². The van der Waals surface area contributed by atoms with E-state index < -0.39 is 11.0 Å². The third-order valence-electron chi connectivity index (χ3n) is 1.76. The number of benzene rings is 1. The summed E-state index contributed by atoms with van der Waals surface area (Å²) in [6, 6.07) is 3.44. The van der Waals surface area contributed by atoms with E-state index >= 15 is 0 Å². The number of non-ortho nitro benzene ring substituents is 1. The fourth-order valence-electron chi connectivity index (χ4n) is 1.02. The molecule has 0 saturated carbocycles. The molecule has 0 aliphatic heterocycles. The van der Waals surface area contributed by atoms with Crippen molar-refractivity contribution in [3.63, 3.8) is 0 Å². The number of nitrogens with zero attached hydrogens (tertiary/aromatic N) is 1. The number of hydrogen-bond donors (Lipinski definition) is 2. The fraction of sp³-hybridized carbons (Fsp3) is 0.111. The van der Waals surface area contributed by atoms with Gasteiger partial charge in [0, 0.05) is 17.7 Å². The van der Waals surface area contributed by atoms with Crippen molar-refractivity contribution in [3.8, 4) is 5.75 Å². The third-order valence-corrected chi connectivity index (χ3v) is 1.76. The molecule has 2 N–H and O–H groups in total. The average Bonchev–Trinajstić information content (AvgIpc) is 2.17. The van der Waals surface area contributed by atoms with Crippen molar-refractivity contribution in [2.75, 3.05) is 0 Å². The van der Waals surface area contributed by atoms with Crippen LogP contribution >= 0.6 is 0 Å². The van der Waals surface area contributed by atoms with E-state index in [1.165, 1.54) is 12.1 Å². The lowest BCUT2D eigenvalue weighted by atomic mass is 10.1. The summed E-state index contributed by atoms with van der Waals surface area (Å²) < 4.78 is 0. The standard InChI is InChI=1S/C9H9NO4/c1-2-8(11)7-5-6(10(13)14)3-4-9(7)12/h2-5,8,11-12H,1H2. The van der Waals surface area contributed by atoms with E-state index in [0.29, 0.717) is 0 Å². The minimum absolute atomic E-state index is 0.0780. The molecule has 1 rings (SSSR count). The molecule has 74 valence electrons. The molecule has 0 aliphatic carbocycles. The minimum atomic E-state index is -1.10. The van der Waals surface area contributed by atoms with Gasteiger partial charge in [-0.2, -0.15) is 0 Å². The van der Waals surface area contributed by atoms with E-state index in [9.17, 15) is 20.3 Å².